The van der Waals surface area contributed by atoms with E-state index in [0.29, 0.717) is 33.8 Å². The summed E-state index contributed by atoms with van der Waals surface area (Å²) >= 11 is 0. The molecular formula is C116H130O34. The molecule has 0 aliphatic carbocycles. The third-order valence-corrected chi connectivity index (χ3v) is 26.5. The number of hydrogen-bond donors (Lipinski definition) is 1. The number of ether oxygens (including phenoxy) is 28. The highest BCUT2D eigenvalue weighted by molar-refractivity contribution is 5.69. The Morgan fingerprint density at radius 2 is 0.573 bits per heavy atom. The molecule has 0 saturated carbocycles. The van der Waals surface area contributed by atoms with E-state index in [4.69, 9.17) is 133 Å². The van der Waals surface area contributed by atoms with Crippen molar-refractivity contribution in [3.05, 3.63) is 347 Å². The van der Waals surface area contributed by atoms with Gasteiger partial charge in [0.05, 0.1) is 98.1 Å². The Labute approximate surface area is 871 Å². The molecule has 798 valence electrons. The van der Waals surface area contributed by atoms with E-state index in [1.807, 2.05) is 273 Å². The molecule has 7 heterocycles. The number of aliphatic hydroxyl groups is 1. The molecule has 150 heavy (non-hydrogen) atoms. The van der Waals surface area contributed by atoms with Crippen LogP contribution < -0.4 is 9.47 Å². The first-order chi connectivity index (χ1) is 73.1. The van der Waals surface area contributed by atoms with Crippen molar-refractivity contribution in [1.82, 2.24) is 0 Å². The van der Waals surface area contributed by atoms with Gasteiger partial charge in [0.1, 0.15) is 109 Å². The van der Waals surface area contributed by atoms with E-state index >= 15 is 0 Å². The molecule has 0 spiro atoms. The van der Waals surface area contributed by atoms with E-state index in [-0.39, 0.29) is 72.7 Å². The Bertz CT molecular complexity index is 5770. The highest BCUT2D eigenvalue weighted by atomic mass is 16.8. The minimum absolute atomic E-state index is 0.00827. The molecule has 31 unspecified atom stereocenters. The van der Waals surface area contributed by atoms with Gasteiger partial charge in [-0.25, -0.2) is 0 Å². The number of carbonyl (C=O) groups is 5. The SMILES string of the molecule is COc1ccc(OC2OC(COCc3ccccc3)C(O)C(OC3OC(COCc4ccccc4)C(OC4OC5COC(c6ccccc6)OC5C(OC5OC(C)C(OCc6ccccc6)C(OCc6ccccc6)C5OC5OC(C)C(OCc6ccccc6)C(OC6OC(C)C(OC(C)=O)C(OC(C)=O)C6OC(C)=O)C5OC(C)=O)C4OC(C)=O)C(OCc4ccccc4)C3OCc3ccccc3)C2OCc2ccccc2)cc1. The Balaban J connectivity index is 0.800. The van der Waals surface area contributed by atoms with Crippen LogP contribution in [0.5, 0.6) is 11.5 Å². The molecular weight excluding hydrogens is 1940 g/mol. The summed E-state index contributed by atoms with van der Waals surface area (Å²) in [7, 11) is 1.56. The third kappa shape index (κ3) is 29.4. The highest BCUT2D eigenvalue weighted by Gasteiger charge is 2.63. The molecule has 0 radical (unpaired) electrons. The Hall–Kier alpha value is -11.7. The van der Waals surface area contributed by atoms with Crippen molar-refractivity contribution in [3.63, 3.8) is 0 Å². The Morgan fingerprint density at radius 3 is 1.01 bits per heavy atom. The van der Waals surface area contributed by atoms with Crippen LogP contribution in [0.25, 0.3) is 0 Å². The van der Waals surface area contributed by atoms with E-state index in [2.05, 4.69) is 0 Å². The number of fused-ring (bicyclic) bond motifs is 1. The monoisotopic (exact) mass is 2070 g/mol. The van der Waals surface area contributed by atoms with Crippen LogP contribution in [0, 0.1) is 0 Å². The van der Waals surface area contributed by atoms with Crippen molar-refractivity contribution in [3.8, 4) is 11.5 Å². The fraction of sp³-hybridized carbons (Fsp3) is 0.440. The van der Waals surface area contributed by atoms with E-state index in [1.165, 1.54) is 13.8 Å². The number of aliphatic hydroxyl groups excluding tert-OH is 1. The van der Waals surface area contributed by atoms with Crippen molar-refractivity contribution in [1.29, 1.82) is 0 Å². The van der Waals surface area contributed by atoms with Gasteiger partial charge < -0.3 is 138 Å². The lowest BCUT2D eigenvalue weighted by Gasteiger charge is -2.53. The standard InChI is InChI=1S/C116H130O34/c1-70-93(126-61-80-41-23-12-24-42-80)99(128-63-82-45-27-14-28-46-82)106(150-115-107(138-75(6)119)101(94(71(2)134-115)127-62-81-43-25-13-26-44-81)148-114-108(139-76(7)120)102(137-74(5)118)95(72(3)135-114)136-73(4)117)113(133-70)149-103-97-91(69-132-110(145-97)86-53-35-18-36-54-86)144-116(109(103)140-77(8)121)146-96-90(68-125-60-79-39-21-11-22-40-79)143-112(105(131-66-85-51-33-17-34-52-85)100(96)129-64-83-47-29-15-30-48-83)147-98-92(122)89(67-124-59-78-37-19-10-20-38-78)142-111(141-88-57-55-87(123-9)56-58-88)104(98)130-65-84-49-31-16-32-50-84/h10-58,70-72,89-116,122H,59-69H2,1-9H3. The molecule has 0 amide bonds. The minimum Gasteiger partial charge on any atom is -0.497 e. The average Bonchev–Trinajstić information content (AvgIpc) is 0.745. The summed E-state index contributed by atoms with van der Waals surface area (Å²) < 4.78 is 196. The average molecular weight is 2070 g/mol. The number of carbonyl (C=O) groups excluding carboxylic acids is 5. The smallest absolute Gasteiger partial charge is 0.303 e. The van der Waals surface area contributed by atoms with Gasteiger partial charge in [-0.3, -0.25) is 24.0 Å². The Morgan fingerprint density at radius 1 is 0.273 bits per heavy atom. The maximum atomic E-state index is 15.0. The number of rotatable bonds is 45. The maximum absolute atomic E-state index is 15.0. The van der Waals surface area contributed by atoms with Crippen LogP contribution in [0.2, 0.25) is 0 Å². The van der Waals surface area contributed by atoms with Crippen LogP contribution in [0.15, 0.2) is 297 Å². The lowest BCUT2D eigenvalue weighted by atomic mass is 9.94. The summed E-state index contributed by atoms with van der Waals surface area (Å²) in [5.74, 6) is -3.31. The molecule has 7 fully saturated rings. The van der Waals surface area contributed by atoms with Crippen LogP contribution in [0.4, 0.5) is 0 Å². The van der Waals surface area contributed by atoms with Gasteiger partial charge in [0.15, 0.2) is 68.3 Å². The fourth-order valence-electron chi connectivity index (χ4n) is 19.4. The van der Waals surface area contributed by atoms with Gasteiger partial charge in [0.25, 0.3) is 0 Å². The van der Waals surface area contributed by atoms with Crippen molar-refractivity contribution in [2.75, 3.05) is 26.9 Å². The normalized spacial score (nSPS) is 30.8. The van der Waals surface area contributed by atoms with Crippen molar-refractivity contribution in [2.45, 2.75) is 299 Å². The van der Waals surface area contributed by atoms with Gasteiger partial charge in [-0.15, -0.1) is 0 Å². The van der Waals surface area contributed by atoms with Gasteiger partial charge >= 0.3 is 29.8 Å². The molecule has 7 saturated heterocycles. The lowest BCUT2D eigenvalue weighted by Crippen LogP contribution is -2.70. The zero-order valence-corrected chi connectivity index (χ0v) is 84.9. The van der Waals surface area contributed by atoms with Crippen LogP contribution in [0.3, 0.4) is 0 Å². The first-order valence-electron chi connectivity index (χ1n) is 50.6. The Kier molecular flexibility index (Phi) is 39.4. The first kappa shape index (κ1) is 109. The summed E-state index contributed by atoms with van der Waals surface area (Å²) in [4.78, 5) is 69.3. The number of methoxy groups -OCH3 is 1. The molecule has 17 rings (SSSR count). The van der Waals surface area contributed by atoms with E-state index in [9.17, 15) is 29.1 Å². The zero-order valence-electron chi connectivity index (χ0n) is 84.9. The first-order valence-corrected chi connectivity index (χ1v) is 50.6. The van der Waals surface area contributed by atoms with Crippen LogP contribution >= 0.6 is 0 Å². The van der Waals surface area contributed by atoms with Crippen molar-refractivity contribution in [2.24, 2.45) is 0 Å². The van der Waals surface area contributed by atoms with Gasteiger partial charge in [-0.2, -0.15) is 0 Å². The predicted molar refractivity (Wildman–Crippen MR) is 533 cm³/mol. The van der Waals surface area contributed by atoms with Crippen LogP contribution in [-0.2, 0) is 200 Å². The zero-order chi connectivity index (χ0) is 104. The molecule has 31 atom stereocenters. The lowest BCUT2D eigenvalue weighted by molar-refractivity contribution is -0.420. The molecule has 10 aromatic carbocycles. The molecule has 0 aromatic heterocycles. The number of benzene rings is 10. The second-order valence-corrected chi connectivity index (χ2v) is 37.7. The van der Waals surface area contributed by atoms with Crippen LogP contribution in [-0.4, -0.2) is 246 Å². The fourth-order valence-corrected chi connectivity index (χ4v) is 19.4. The van der Waals surface area contributed by atoms with Gasteiger partial charge in [-0.05, 0) is 89.5 Å². The second kappa shape index (κ2) is 54.0. The molecule has 10 aromatic rings. The molecule has 7 aliphatic heterocycles. The molecule has 1 N–H and O–H groups in total. The number of hydrogen-bond acceptors (Lipinski definition) is 34. The summed E-state index contributed by atoms with van der Waals surface area (Å²) in [6, 6.07) is 91.5. The van der Waals surface area contributed by atoms with Crippen LogP contribution in [0.1, 0.15) is 112 Å². The van der Waals surface area contributed by atoms with E-state index < -0.39 is 220 Å². The molecule has 0 bridgehead atoms. The summed E-state index contributed by atoms with van der Waals surface area (Å²) in [6.07, 6.45) is -45.1. The van der Waals surface area contributed by atoms with Gasteiger partial charge in [0.2, 0.25) is 6.29 Å². The van der Waals surface area contributed by atoms with Gasteiger partial charge in [0, 0.05) is 40.2 Å². The minimum atomic E-state index is -1.83. The van der Waals surface area contributed by atoms with E-state index in [0.717, 1.165) is 48.6 Å². The predicted octanol–water partition coefficient (Wildman–Crippen LogP) is 14.5. The van der Waals surface area contributed by atoms with Gasteiger partial charge in [-0.1, -0.05) is 273 Å². The number of esters is 5. The molecule has 34 nitrogen and oxygen atoms in total. The summed E-state index contributed by atoms with van der Waals surface area (Å²) in [5, 5.41) is 13.5. The van der Waals surface area contributed by atoms with Crippen molar-refractivity contribution < 1.29 is 162 Å². The molecule has 34 heteroatoms. The van der Waals surface area contributed by atoms with Crippen molar-refractivity contribution >= 4 is 29.8 Å². The quantitative estimate of drug-likeness (QED) is 0.0273. The van der Waals surface area contributed by atoms with E-state index in [1.54, 1.807) is 52.1 Å². The summed E-state index contributed by atoms with van der Waals surface area (Å²) in [6.45, 7) is 9.80. The third-order valence-electron chi connectivity index (χ3n) is 26.5. The largest absolute Gasteiger partial charge is 0.497 e. The topological polar surface area (TPSA) is 364 Å². The second-order valence-electron chi connectivity index (χ2n) is 37.7. The maximum Gasteiger partial charge on any atom is 0.303 e. The summed E-state index contributed by atoms with van der Waals surface area (Å²) in [5.41, 5.74) is 6.62. The highest BCUT2D eigenvalue weighted by Crippen LogP contribution is 2.46. The molecule has 7 aliphatic rings.